The molecular weight excluding hydrogens is 523 g/mol. The van der Waals surface area contributed by atoms with Crippen LogP contribution in [0.4, 0.5) is 0 Å². The average Bonchev–Trinajstić information content (AvgIpc) is 2.71. The van der Waals surface area contributed by atoms with Crippen molar-refractivity contribution < 1.29 is 13.2 Å². The van der Waals surface area contributed by atoms with Gasteiger partial charge in [-0.15, -0.1) is 24.0 Å². The summed E-state index contributed by atoms with van der Waals surface area (Å²) >= 11 is 2.12. The lowest BCUT2D eigenvalue weighted by Crippen LogP contribution is -2.54. The molecule has 0 bridgehead atoms. The van der Waals surface area contributed by atoms with Crippen molar-refractivity contribution in [2.45, 2.75) is 62.2 Å². The van der Waals surface area contributed by atoms with E-state index in [4.69, 9.17) is 4.74 Å². The smallest absolute Gasteiger partial charge is 0.213 e. The van der Waals surface area contributed by atoms with Gasteiger partial charge in [0.25, 0.3) is 0 Å². The highest BCUT2D eigenvalue weighted by molar-refractivity contribution is 14.0. The number of nitrogens with zero attached hydrogens (tertiary/aromatic N) is 2. The third-order valence-corrected chi connectivity index (χ3v) is 8.87. The standard InChI is InChI=1S/C19H36N4O3S2.HI/c1-20-18(23-11-13-27-19(16-23)8-4-2-5-9-19)21-10-14-28(24,25)22-15-17-7-3-6-12-26-17;/h17,22H,2-16H2,1H3,(H,20,21);1H. The number of ether oxygens (including phenoxy) is 1. The Morgan fingerprint density at radius 2 is 2.03 bits per heavy atom. The number of sulfonamides is 1. The lowest BCUT2D eigenvalue weighted by molar-refractivity contribution is 0.0200. The number of nitrogens with one attached hydrogen (secondary N) is 2. The lowest BCUT2D eigenvalue weighted by Gasteiger charge is -2.45. The molecule has 2 N–H and O–H groups in total. The molecule has 1 saturated carbocycles. The van der Waals surface area contributed by atoms with Gasteiger partial charge in [0, 0.05) is 50.3 Å². The fourth-order valence-electron chi connectivity index (χ4n) is 4.41. The third-order valence-electron chi connectivity index (χ3n) is 5.98. The molecule has 3 fully saturated rings. The van der Waals surface area contributed by atoms with Gasteiger partial charge in [0.05, 0.1) is 11.9 Å². The van der Waals surface area contributed by atoms with Crippen molar-refractivity contribution in [3.63, 3.8) is 0 Å². The van der Waals surface area contributed by atoms with Crippen molar-refractivity contribution in [3.05, 3.63) is 0 Å². The number of hydrogen-bond donors (Lipinski definition) is 2. The van der Waals surface area contributed by atoms with E-state index in [9.17, 15) is 8.42 Å². The maximum absolute atomic E-state index is 12.3. The second-order valence-electron chi connectivity index (χ2n) is 8.14. The Balaban J connectivity index is 0.00000300. The molecule has 1 atom stereocenters. The highest BCUT2D eigenvalue weighted by Crippen LogP contribution is 2.42. The van der Waals surface area contributed by atoms with E-state index < -0.39 is 10.0 Å². The molecule has 1 unspecified atom stereocenters. The summed E-state index contributed by atoms with van der Waals surface area (Å²) in [5.41, 5.74) is 0. The Hall–Kier alpha value is 0.220. The van der Waals surface area contributed by atoms with Gasteiger partial charge in [0.2, 0.25) is 10.0 Å². The van der Waals surface area contributed by atoms with Gasteiger partial charge < -0.3 is 15.0 Å². The van der Waals surface area contributed by atoms with Crippen LogP contribution in [-0.2, 0) is 14.8 Å². The summed E-state index contributed by atoms with van der Waals surface area (Å²) in [6.45, 7) is 3.46. The molecule has 0 radical (unpaired) electrons. The van der Waals surface area contributed by atoms with Gasteiger partial charge in [0.1, 0.15) is 0 Å². The largest absolute Gasteiger partial charge is 0.377 e. The monoisotopic (exact) mass is 560 g/mol. The number of aliphatic imine (C=N–C) groups is 1. The van der Waals surface area contributed by atoms with Crippen molar-refractivity contribution in [1.29, 1.82) is 0 Å². The minimum atomic E-state index is -3.31. The van der Waals surface area contributed by atoms with Gasteiger partial charge in [-0.05, 0) is 32.1 Å². The summed E-state index contributed by atoms with van der Waals surface area (Å²) in [4.78, 5) is 6.73. The van der Waals surface area contributed by atoms with Crippen molar-refractivity contribution in [3.8, 4) is 0 Å². The zero-order chi connectivity index (χ0) is 19.9. The molecule has 29 heavy (non-hydrogen) atoms. The average molecular weight is 561 g/mol. The van der Waals surface area contributed by atoms with Crippen LogP contribution in [0.15, 0.2) is 4.99 Å². The Bertz CT molecular complexity index is 615. The minimum absolute atomic E-state index is 0. The summed E-state index contributed by atoms with van der Waals surface area (Å²) in [5, 5.41) is 3.27. The molecule has 0 aromatic carbocycles. The summed E-state index contributed by atoms with van der Waals surface area (Å²) in [6.07, 6.45) is 9.70. The quantitative estimate of drug-likeness (QED) is 0.295. The number of hydrogen-bond acceptors (Lipinski definition) is 5. The molecule has 0 amide bonds. The molecular formula is C19H37IN4O3S2. The number of thioether (sulfide) groups is 1. The molecule has 3 rings (SSSR count). The molecule has 0 aromatic heterocycles. The van der Waals surface area contributed by atoms with Crippen LogP contribution in [0.25, 0.3) is 0 Å². The SMILES string of the molecule is CN=C(NCCS(=O)(=O)NCC1CCCCO1)N1CCSC2(CCCCC2)C1.I. The van der Waals surface area contributed by atoms with E-state index >= 15 is 0 Å². The molecule has 1 spiro atoms. The van der Waals surface area contributed by atoms with E-state index in [2.05, 4.69) is 31.7 Å². The highest BCUT2D eigenvalue weighted by Gasteiger charge is 2.38. The Morgan fingerprint density at radius 1 is 1.24 bits per heavy atom. The van der Waals surface area contributed by atoms with Crippen molar-refractivity contribution >= 4 is 51.7 Å². The van der Waals surface area contributed by atoms with Crippen molar-refractivity contribution in [1.82, 2.24) is 14.9 Å². The van der Waals surface area contributed by atoms with Crippen LogP contribution in [0.1, 0.15) is 51.4 Å². The molecule has 7 nitrogen and oxygen atoms in total. The normalized spacial score (nSPS) is 25.5. The summed E-state index contributed by atoms with van der Waals surface area (Å²) in [5.74, 6) is 1.99. The van der Waals surface area contributed by atoms with Crippen LogP contribution >= 0.6 is 35.7 Å². The first-order valence-electron chi connectivity index (χ1n) is 10.7. The van der Waals surface area contributed by atoms with Gasteiger partial charge in [-0.3, -0.25) is 4.99 Å². The highest BCUT2D eigenvalue weighted by atomic mass is 127. The number of halogens is 1. The van der Waals surface area contributed by atoms with Crippen LogP contribution in [0.5, 0.6) is 0 Å². The third kappa shape index (κ3) is 8.01. The van der Waals surface area contributed by atoms with Crippen LogP contribution in [-0.4, -0.2) is 81.5 Å². The van der Waals surface area contributed by atoms with Crippen LogP contribution in [0.3, 0.4) is 0 Å². The second-order valence-corrected chi connectivity index (χ2v) is 11.6. The summed E-state index contributed by atoms with van der Waals surface area (Å²) in [7, 11) is -1.53. The minimum Gasteiger partial charge on any atom is -0.377 e. The van der Waals surface area contributed by atoms with E-state index in [-0.39, 0.29) is 35.8 Å². The fourth-order valence-corrected chi connectivity index (χ4v) is 6.94. The van der Waals surface area contributed by atoms with Gasteiger partial charge >= 0.3 is 0 Å². The van der Waals surface area contributed by atoms with E-state index in [1.54, 1.807) is 7.05 Å². The van der Waals surface area contributed by atoms with Crippen molar-refractivity contribution in [2.24, 2.45) is 4.99 Å². The van der Waals surface area contributed by atoms with E-state index in [1.165, 1.54) is 32.1 Å². The molecule has 2 heterocycles. The maximum atomic E-state index is 12.3. The Morgan fingerprint density at radius 3 is 2.72 bits per heavy atom. The first-order chi connectivity index (χ1) is 13.5. The molecule has 2 aliphatic heterocycles. The number of rotatable bonds is 6. The van der Waals surface area contributed by atoms with Gasteiger partial charge in [0.15, 0.2) is 5.96 Å². The Kier molecular flexibility index (Phi) is 10.8. The summed E-state index contributed by atoms with van der Waals surface area (Å²) in [6, 6.07) is 0. The maximum Gasteiger partial charge on any atom is 0.213 e. The summed E-state index contributed by atoms with van der Waals surface area (Å²) < 4.78 is 33.3. The van der Waals surface area contributed by atoms with Crippen molar-refractivity contribution in [2.75, 3.05) is 51.3 Å². The molecule has 170 valence electrons. The Labute approximate surface area is 197 Å². The van der Waals surface area contributed by atoms with Crippen LogP contribution < -0.4 is 10.0 Å². The second kappa shape index (κ2) is 12.3. The molecule has 2 saturated heterocycles. The fraction of sp³-hybridized carbons (Fsp3) is 0.947. The topological polar surface area (TPSA) is 83.0 Å². The zero-order valence-corrected chi connectivity index (χ0v) is 21.5. The molecule has 10 heteroatoms. The first-order valence-corrected chi connectivity index (χ1v) is 13.3. The van der Waals surface area contributed by atoms with Gasteiger partial charge in [-0.25, -0.2) is 13.1 Å². The molecule has 1 aliphatic carbocycles. The van der Waals surface area contributed by atoms with E-state index in [1.807, 2.05) is 0 Å². The van der Waals surface area contributed by atoms with Gasteiger partial charge in [-0.2, -0.15) is 11.8 Å². The first kappa shape index (κ1) is 25.5. The predicted octanol–water partition coefficient (Wildman–Crippen LogP) is 2.42. The molecule has 3 aliphatic rings. The van der Waals surface area contributed by atoms with Crippen LogP contribution in [0, 0.1) is 0 Å². The lowest BCUT2D eigenvalue weighted by atomic mass is 9.87. The van der Waals surface area contributed by atoms with Crippen LogP contribution in [0.2, 0.25) is 0 Å². The number of guanidine groups is 1. The van der Waals surface area contributed by atoms with E-state index in [0.29, 0.717) is 17.8 Å². The van der Waals surface area contributed by atoms with Gasteiger partial charge in [-0.1, -0.05) is 19.3 Å². The zero-order valence-electron chi connectivity index (χ0n) is 17.5. The van der Waals surface area contributed by atoms with E-state index in [0.717, 1.165) is 50.7 Å². The molecule has 0 aromatic rings. The predicted molar refractivity (Wildman–Crippen MR) is 132 cm³/mol.